The van der Waals surface area contributed by atoms with E-state index in [4.69, 9.17) is 0 Å². The van der Waals surface area contributed by atoms with Gasteiger partial charge in [0.1, 0.15) is 0 Å². The van der Waals surface area contributed by atoms with Gasteiger partial charge in [0.2, 0.25) is 10.0 Å². The van der Waals surface area contributed by atoms with Gasteiger partial charge in [0, 0.05) is 26.2 Å². The van der Waals surface area contributed by atoms with E-state index in [2.05, 4.69) is 49.9 Å². The maximum Gasteiger partial charge on any atom is 0.211 e. The number of hydrogen-bond donors (Lipinski definition) is 0. The highest BCUT2D eigenvalue weighted by molar-refractivity contribution is 7.88. The number of nitrogens with zero attached hydrogens (tertiary/aromatic N) is 2. The second kappa shape index (κ2) is 6.69. The lowest BCUT2D eigenvalue weighted by Gasteiger charge is -2.22. The van der Waals surface area contributed by atoms with Gasteiger partial charge in [-0.05, 0) is 29.5 Å². The molecule has 5 heteroatoms. The van der Waals surface area contributed by atoms with E-state index in [1.54, 1.807) is 4.31 Å². The summed E-state index contributed by atoms with van der Waals surface area (Å²) in [4.78, 5) is 2.34. The van der Waals surface area contributed by atoms with Crippen molar-refractivity contribution in [3.05, 3.63) is 35.4 Å². The zero-order valence-corrected chi connectivity index (χ0v) is 15.0. The van der Waals surface area contributed by atoms with E-state index in [1.807, 2.05) is 0 Å². The first-order valence-electron chi connectivity index (χ1n) is 7.93. The van der Waals surface area contributed by atoms with Crippen molar-refractivity contribution in [3.63, 3.8) is 0 Å². The maximum atomic E-state index is 11.6. The van der Waals surface area contributed by atoms with Crippen molar-refractivity contribution in [2.24, 2.45) is 0 Å². The molecule has 0 atom stereocenters. The molecule has 1 aliphatic rings. The lowest BCUT2D eigenvalue weighted by Crippen LogP contribution is -2.34. The molecule has 2 rings (SSSR count). The molecule has 0 bridgehead atoms. The van der Waals surface area contributed by atoms with Crippen LogP contribution in [0, 0.1) is 0 Å². The van der Waals surface area contributed by atoms with Crippen LogP contribution >= 0.6 is 0 Å². The molecule has 1 aromatic carbocycles. The molecule has 1 heterocycles. The van der Waals surface area contributed by atoms with Crippen molar-refractivity contribution in [1.82, 2.24) is 9.21 Å². The van der Waals surface area contributed by atoms with Crippen molar-refractivity contribution in [3.8, 4) is 0 Å². The summed E-state index contributed by atoms with van der Waals surface area (Å²) in [6.45, 7) is 10.5. The van der Waals surface area contributed by atoms with E-state index in [0.29, 0.717) is 13.1 Å². The minimum Gasteiger partial charge on any atom is -0.298 e. The average Bonchev–Trinajstić information content (AvgIpc) is 2.63. The van der Waals surface area contributed by atoms with Gasteiger partial charge >= 0.3 is 0 Å². The molecule has 0 aliphatic carbocycles. The lowest BCUT2D eigenvalue weighted by atomic mass is 9.87. The van der Waals surface area contributed by atoms with Gasteiger partial charge in [0.05, 0.1) is 6.26 Å². The molecule has 0 spiro atoms. The normalized spacial score (nSPS) is 19.1. The van der Waals surface area contributed by atoms with E-state index in [-0.39, 0.29) is 5.41 Å². The van der Waals surface area contributed by atoms with Crippen LogP contribution in [0.1, 0.15) is 38.3 Å². The summed E-state index contributed by atoms with van der Waals surface area (Å²) < 4.78 is 24.9. The Morgan fingerprint density at radius 1 is 1.00 bits per heavy atom. The number of benzene rings is 1. The largest absolute Gasteiger partial charge is 0.298 e. The fourth-order valence-electron chi connectivity index (χ4n) is 2.81. The Hall–Kier alpha value is -0.910. The Bertz CT molecular complexity index is 588. The highest BCUT2D eigenvalue weighted by Gasteiger charge is 2.21. The van der Waals surface area contributed by atoms with Crippen LogP contribution in [-0.2, 0) is 22.0 Å². The first-order chi connectivity index (χ1) is 10.2. The summed E-state index contributed by atoms with van der Waals surface area (Å²) in [5.74, 6) is 0. The van der Waals surface area contributed by atoms with E-state index < -0.39 is 10.0 Å². The summed E-state index contributed by atoms with van der Waals surface area (Å²) in [7, 11) is -3.06. The van der Waals surface area contributed by atoms with Crippen LogP contribution in [0.3, 0.4) is 0 Å². The van der Waals surface area contributed by atoms with Crippen molar-refractivity contribution >= 4 is 10.0 Å². The van der Waals surface area contributed by atoms with Crippen LogP contribution in [0.25, 0.3) is 0 Å². The van der Waals surface area contributed by atoms with E-state index in [9.17, 15) is 8.42 Å². The monoisotopic (exact) mass is 324 g/mol. The Kier molecular flexibility index (Phi) is 5.30. The number of rotatable bonds is 3. The second-order valence-corrected chi connectivity index (χ2v) is 9.22. The van der Waals surface area contributed by atoms with E-state index in [0.717, 1.165) is 26.1 Å². The van der Waals surface area contributed by atoms with Crippen LogP contribution in [0.2, 0.25) is 0 Å². The molecule has 0 aromatic heterocycles. The lowest BCUT2D eigenvalue weighted by molar-refractivity contribution is 0.279. The standard InChI is InChI=1S/C17H28N2O2S/c1-17(2,3)16-8-6-15(7-9-16)14-18-10-5-11-19(13-12-18)22(4,20)21/h6-9H,5,10-14H2,1-4H3. The number of sulfonamides is 1. The third-order valence-electron chi connectivity index (χ3n) is 4.24. The molecule has 0 N–H and O–H groups in total. The molecule has 0 unspecified atom stereocenters. The molecule has 0 saturated carbocycles. The molecule has 22 heavy (non-hydrogen) atoms. The Morgan fingerprint density at radius 3 is 2.18 bits per heavy atom. The van der Waals surface area contributed by atoms with E-state index >= 15 is 0 Å². The quantitative estimate of drug-likeness (QED) is 0.857. The van der Waals surface area contributed by atoms with Crippen molar-refractivity contribution in [1.29, 1.82) is 0 Å². The first kappa shape index (κ1) is 17.4. The highest BCUT2D eigenvalue weighted by Crippen LogP contribution is 2.22. The van der Waals surface area contributed by atoms with Gasteiger partial charge in [-0.1, -0.05) is 45.0 Å². The average molecular weight is 324 g/mol. The van der Waals surface area contributed by atoms with Crippen LogP contribution in [-0.4, -0.2) is 50.1 Å². The van der Waals surface area contributed by atoms with Gasteiger partial charge in [0.15, 0.2) is 0 Å². The maximum absolute atomic E-state index is 11.6. The summed E-state index contributed by atoms with van der Waals surface area (Å²) in [6.07, 6.45) is 2.20. The van der Waals surface area contributed by atoms with Crippen LogP contribution in [0.5, 0.6) is 0 Å². The minimum atomic E-state index is -3.06. The summed E-state index contributed by atoms with van der Waals surface area (Å²) in [6, 6.07) is 8.80. The van der Waals surface area contributed by atoms with Crippen molar-refractivity contribution in [2.75, 3.05) is 32.4 Å². The molecule has 1 aromatic rings. The molecule has 4 nitrogen and oxygen atoms in total. The number of hydrogen-bond acceptors (Lipinski definition) is 3. The Morgan fingerprint density at radius 2 is 1.64 bits per heavy atom. The molecule has 1 saturated heterocycles. The zero-order valence-electron chi connectivity index (χ0n) is 14.2. The molecule has 0 amide bonds. The van der Waals surface area contributed by atoms with Crippen LogP contribution in [0.4, 0.5) is 0 Å². The molecule has 1 fully saturated rings. The summed E-state index contributed by atoms with van der Waals surface area (Å²) in [5.41, 5.74) is 2.81. The summed E-state index contributed by atoms with van der Waals surface area (Å²) in [5, 5.41) is 0. The fraction of sp³-hybridized carbons (Fsp3) is 0.647. The third kappa shape index (κ3) is 4.80. The van der Waals surface area contributed by atoms with Gasteiger partial charge in [-0.2, -0.15) is 0 Å². The topological polar surface area (TPSA) is 40.6 Å². The molecular weight excluding hydrogens is 296 g/mol. The molecular formula is C17H28N2O2S. The van der Waals surface area contributed by atoms with Gasteiger partial charge in [-0.25, -0.2) is 12.7 Å². The summed E-state index contributed by atoms with van der Waals surface area (Å²) >= 11 is 0. The predicted octanol–water partition coefficient (Wildman–Crippen LogP) is 2.45. The highest BCUT2D eigenvalue weighted by atomic mass is 32.2. The smallest absolute Gasteiger partial charge is 0.211 e. The predicted molar refractivity (Wildman–Crippen MR) is 91.5 cm³/mol. The van der Waals surface area contributed by atoms with Crippen molar-refractivity contribution in [2.45, 2.75) is 39.2 Å². The molecule has 0 radical (unpaired) electrons. The third-order valence-corrected chi connectivity index (χ3v) is 5.55. The van der Waals surface area contributed by atoms with Gasteiger partial charge in [-0.3, -0.25) is 4.90 Å². The minimum absolute atomic E-state index is 0.178. The Labute approximate surface area is 135 Å². The van der Waals surface area contributed by atoms with Crippen LogP contribution in [0.15, 0.2) is 24.3 Å². The first-order valence-corrected chi connectivity index (χ1v) is 9.78. The van der Waals surface area contributed by atoms with Gasteiger partial charge in [-0.15, -0.1) is 0 Å². The van der Waals surface area contributed by atoms with Crippen LogP contribution < -0.4 is 0 Å². The fourth-order valence-corrected chi connectivity index (χ4v) is 3.68. The molecule has 1 aliphatic heterocycles. The zero-order chi connectivity index (χ0) is 16.4. The van der Waals surface area contributed by atoms with Gasteiger partial charge in [0.25, 0.3) is 0 Å². The van der Waals surface area contributed by atoms with Crippen molar-refractivity contribution < 1.29 is 8.42 Å². The SMILES string of the molecule is CC(C)(C)c1ccc(CN2CCCN(S(C)(=O)=O)CC2)cc1. The van der Waals surface area contributed by atoms with Gasteiger partial charge < -0.3 is 0 Å². The second-order valence-electron chi connectivity index (χ2n) is 7.24. The molecule has 124 valence electrons. The Balaban J connectivity index is 1.97. The van der Waals surface area contributed by atoms with E-state index in [1.165, 1.54) is 17.4 Å².